The maximum atomic E-state index is 11.9. The Labute approximate surface area is 131 Å². The Morgan fingerprint density at radius 1 is 1.29 bits per heavy atom. The van der Waals surface area contributed by atoms with E-state index < -0.39 is 0 Å². The number of carbonyl (C=O) groups excluding carboxylic acids is 2. The average molecular weight is 314 g/mol. The predicted octanol–water partition coefficient (Wildman–Crippen LogP) is 1.27. The number of rotatable bonds is 5. The van der Waals surface area contributed by atoms with Crippen molar-refractivity contribution in [3.05, 3.63) is 0 Å². The van der Waals surface area contributed by atoms with Gasteiger partial charge in [-0.05, 0) is 24.7 Å². The van der Waals surface area contributed by atoms with Crippen LogP contribution in [-0.2, 0) is 14.3 Å². The molecule has 1 aliphatic heterocycles. The summed E-state index contributed by atoms with van der Waals surface area (Å²) in [5.74, 6) is 0.909. The molecule has 2 rings (SSSR count). The van der Waals surface area contributed by atoms with Crippen LogP contribution in [0.15, 0.2) is 0 Å². The molecule has 1 saturated carbocycles. The highest BCUT2D eigenvalue weighted by molar-refractivity contribution is 8.00. The molecule has 0 aromatic rings. The minimum Gasteiger partial charge on any atom is -0.378 e. The SMILES string of the molecule is CC1(C)CCC(NC(=O)CSCC(=O)N2CCOCC2)C1. The topological polar surface area (TPSA) is 58.6 Å². The van der Waals surface area contributed by atoms with E-state index in [2.05, 4.69) is 19.2 Å². The number of hydrogen-bond acceptors (Lipinski definition) is 4. The van der Waals surface area contributed by atoms with Gasteiger partial charge in [0.1, 0.15) is 0 Å². The summed E-state index contributed by atoms with van der Waals surface area (Å²) < 4.78 is 5.22. The van der Waals surface area contributed by atoms with Crippen LogP contribution in [-0.4, -0.2) is 60.6 Å². The molecule has 1 heterocycles. The van der Waals surface area contributed by atoms with E-state index in [0.29, 0.717) is 49.3 Å². The summed E-state index contributed by atoms with van der Waals surface area (Å²) in [6, 6.07) is 0.308. The van der Waals surface area contributed by atoms with E-state index in [1.165, 1.54) is 18.2 Å². The van der Waals surface area contributed by atoms with E-state index in [4.69, 9.17) is 4.74 Å². The molecular weight excluding hydrogens is 288 g/mol. The third-order valence-electron chi connectivity index (χ3n) is 4.16. The number of nitrogens with one attached hydrogen (secondary N) is 1. The molecule has 1 unspecified atom stereocenters. The van der Waals surface area contributed by atoms with Crippen molar-refractivity contribution in [2.75, 3.05) is 37.8 Å². The Kier molecular flexibility index (Phi) is 5.93. The maximum Gasteiger partial charge on any atom is 0.232 e. The molecule has 0 spiro atoms. The minimum absolute atomic E-state index is 0.0532. The number of ether oxygens (including phenoxy) is 1. The summed E-state index contributed by atoms with van der Waals surface area (Å²) >= 11 is 1.40. The molecule has 2 aliphatic rings. The van der Waals surface area contributed by atoms with Gasteiger partial charge in [0.25, 0.3) is 0 Å². The molecule has 1 atom stereocenters. The van der Waals surface area contributed by atoms with Crippen molar-refractivity contribution in [2.24, 2.45) is 5.41 Å². The third kappa shape index (κ3) is 5.51. The molecule has 0 aromatic heterocycles. The van der Waals surface area contributed by atoms with Crippen molar-refractivity contribution in [2.45, 2.75) is 39.2 Å². The normalized spacial score (nSPS) is 24.9. The van der Waals surface area contributed by atoms with Gasteiger partial charge in [0.05, 0.1) is 24.7 Å². The number of morpholine rings is 1. The van der Waals surface area contributed by atoms with Gasteiger partial charge < -0.3 is 15.0 Å². The smallest absolute Gasteiger partial charge is 0.232 e. The zero-order valence-corrected chi connectivity index (χ0v) is 13.8. The van der Waals surface area contributed by atoms with Gasteiger partial charge >= 0.3 is 0 Å². The number of amides is 2. The summed E-state index contributed by atoms with van der Waals surface area (Å²) in [7, 11) is 0. The Balaban J connectivity index is 1.60. The number of thioether (sulfide) groups is 1. The lowest BCUT2D eigenvalue weighted by Crippen LogP contribution is -2.42. The fourth-order valence-corrected chi connectivity index (χ4v) is 3.69. The zero-order valence-electron chi connectivity index (χ0n) is 13.0. The molecule has 120 valence electrons. The first-order valence-corrected chi connectivity index (χ1v) is 8.84. The van der Waals surface area contributed by atoms with Crippen LogP contribution in [0.3, 0.4) is 0 Å². The van der Waals surface area contributed by atoms with Crippen LogP contribution in [0.2, 0.25) is 0 Å². The van der Waals surface area contributed by atoms with Crippen LogP contribution in [0.4, 0.5) is 0 Å². The van der Waals surface area contributed by atoms with E-state index in [-0.39, 0.29) is 11.8 Å². The van der Waals surface area contributed by atoms with Crippen molar-refractivity contribution in [3.63, 3.8) is 0 Å². The van der Waals surface area contributed by atoms with Crippen molar-refractivity contribution < 1.29 is 14.3 Å². The Morgan fingerprint density at radius 3 is 2.62 bits per heavy atom. The lowest BCUT2D eigenvalue weighted by Gasteiger charge is -2.26. The third-order valence-corrected chi connectivity index (χ3v) is 5.07. The van der Waals surface area contributed by atoms with Crippen molar-refractivity contribution >= 4 is 23.6 Å². The van der Waals surface area contributed by atoms with Gasteiger partial charge in [0.2, 0.25) is 11.8 Å². The van der Waals surface area contributed by atoms with Gasteiger partial charge in [0, 0.05) is 19.1 Å². The van der Waals surface area contributed by atoms with Gasteiger partial charge in [0.15, 0.2) is 0 Å². The van der Waals surface area contributed by atoms with E-state index in [1.54, 1.807) is 0 Å². The fourth-order valence-electron chi connectivity index (χ4n) is 2.96. The molecule has 2 amide bonds. The highest BCUT2D eigenvalue weighted by Crippen LogP contribution is 2.36. The molecule has 0 radical (unpaired) electrons. The van der Waals surface area contributed by atoms with Gasteiger partial charge in [-0.1, -0.05) is 13.8 Å². The lowest BCUT2D eigenvalue weighted by molar-refractivity contribution is -0.132. The van der Waals surface area contributed by atoms with Gasteiger partial charge in [-0.2, -0.15) is 0 Å². The maximum absolute atomic E-state index is 11.9. The second-order valence-corrected chi connectivity index (χ2v) is 7.64. The standard InChI is InChI=1S/C15H26N2O3S/c1-15(2)4-3-12(9-15)16-13(18)10-21-11-14(19)17-5-7-20-8-6-17/h12H,3-11H2,1-2H3,(H,16,18). The Morgan fingerprint density at radius 2 is 2.00 bits per heavy atom. The minimum atomic E-state index is 0.0532. The fraction of sp³-hybridized carbons (Fsp3) is 0.867. The molecule has 1 aliphatic carbocycles. The van der Waals surface area contributed by atoms with Crippen LogP contribution in [0, 0.1) is 5.41 Å². The quantitative estimate of drug-likeness (QED) is 0.830. The molecule has 2 fully saturated rings. The first kappa shape index (κ1) is 16.6. The van der Waals surface area contributed by atoms with Crippen LogP contribution < -0.4 is 5.32 Å². The monoisotopic (exact) mass is 314 g/mol. The highest BCUT2D eigenvalue weighted by atomic mass is 32.2. The van der Waals surface area contributed by atoms with Gasteiger partial charge in [-0.15, -0.1) is 11.8 Å². The summed E-state index contributed by atoms with van der Waals surface area (Å²) in [6.07, 6.45) is 3.28. The Bertz CT molecular complexity index is 381. The van der Waals surface area contributed by atoms with Crippen LogP contribution in [0.1, 0.15) is 33.1 Å². The second-order valence-electron chi connectivity index (χ2n) is 6.66. The highest BCUT2D eigenvalue weighted by Gasteiger charge is 2.31. The van der Waals surface area contributed by atoms with E-state index in [9.17, 15) is 9.59 Å². The molecule has 1 saturated heterocycles. The number of hydrogen-bond donors (Lipinski definition) is 1. The second kappa shape index (κ2) is 7.49. The number of nitrogens with zero attached hydrogens (tertiary/aromatic N) is 1. The van der Waals surface area contributed by atoms with E-state index >= 15 is 0 Å². The van der Waals surface area contributed by atoms with Gasteiger partial charge in [-0.25, -0.2) is 0 Å². The molecule has 5 nitrogen and oxygen atoms in total. The summed E-state index contributed by atoms with van der Waals surface area (Å²) in [5.41, 5.74) is 0.345. The largest absolute Gasteiger partial charge is 0.378 e. The average Bonchev–Trinajstić information content (AvgIpc) is 2.78. The molecule has 0 aromatic carbocycles. The summed E-state index contributed by atoms with van der Waals surface area (Å²) in [4.78, 5) is 25.6. The van der Waals surface area contributed by atoms with Crippen molar-refractivity contribution in [1.29, 1.82) is 0 Å². The number of carbonyl (C=O) groups is 2. The zero-order chi connectivity index (χ0) is 15.3. The van der Waals surface area contributed by atoms with Crippen molar-refractivity contribution in [3.8, 4) is 0 Å². The summed E-state index contributed by atoms with van der Waals surface area (Å²) in [6.45, 7) is 7.07. The lowest BCUT2D eigenvalue weighted by atomic mass is 9.92. The summed E-state index contributed by atoms with van der Waals surface area (Å²) in [5, 5.41) is 3.08. The Hall–Kier alpha value is -0.750. The van der Waals surface area contributed by atoms with Crippen LogP contribution in [0.25, 0.3) is 0 Å². The molecule has 6 heteroatoms. The molecule has 0 bridgehead atoms. The van der Waals surface area contributed by atoms with Gasteiger partial charge in [-0.3, -0.25) is 9.59 Å². The molecular formula is C15H26N2O3S. The van der Waals surface area contributed by atoms with E-state index in [1.807, 2.05) is 4.90 Å². The molecule has 1 N–H and O–H groups in total. The predicted molar refractivity (Wildman–Crippen MR) is 84.3 cm³/mol. The van der Waals surface area contributed by atoms with Crippen LogP contribution in [0.5, 0.6) is 0 Å². The van der Waals surface area contributed by atoms with Crippen LogP contribution >= 0.6 is 11.8 Å². The first-order chi connectivity index (χ1) is 9.96. The first-order valence-electron chi connectivity index (χ1n) is 7.69. The van der Waals surface area contributed by atoms with E-state index in [0.717, 1.165) is 12.8 Å². The molecule has 21 heavy (non-hydrogen) atoms. The van der Waals surface area contributed by atoms with Crippen molar-refractivity contribution in [1.82, 2.24) is 10.2 Å².